The molecule has 0 atom stereocenters. The zero-order chi connectivity index (χ0) is 19.1. The van der Waals surface area contributed by atoms with Crippen LogP contribution >= 0.6 is 0 Å². The molecule has 0 aliphatic heterocycles. The molecule has 0 aliphatic carbocycles. The summed E-state index contributed by atoms with van der Waals surface area (Å²) >= 11 is 0. The van der Waals surface area contributed by atoms with Crippen LogP contribution in [0.3, 0.4) is 0 Å². The Morgan fingerprint density at radius 3 is 2.65 bits per heavy atom. The van der Waals surface area contributed by atoms with Crippen LogP contribution in [0.15, 0.2) is 23.0 Å². The first-order chi connectivity index (χ1) is 12.4. The molecule has 0 unspecified atom stereocenters. The Hall–Kier alpha value is -2.90. The third-order valence-electron chi connectivity index (χ3n) is 3.54. The van der Waals surface area contributed by atoms with Gasteiger partial charge in [0.25, 0.3) is 5.56 Å². The molecule has 8 heteroatoms. The van der Waals surface area contributed by atoms with Gasteiger partial charge in [0.15, 0.2) is 17.3 Å². The Morgan fingerprint density at radius 1 is 1.27 bits per heavy atom. The van der Waals surface area contributed by atoms with Gasteiger partial charge in [-0.1, -0.05) is 0 Å². The molecule has 2 aromatic rings. The minimum absolute atomic E-state index is 0.0592. The number of rotatable bonds is 8. The van der Waals surface area contributed by atoms with Crippen LogP contribution in [0.4, 0.5) is 0 Å². The van der Waals surface area contributed by atoms with Gasteiger partial charge in [-0.25, -0.2) is 0 Å². The number of hydrogen-bond acceptors (Lipinski definition) is 6. The molecular weight excluding hydrogens is 336 g/mol. The highest BCUT2D eigenvalue weighted by atomic mass is 16.5. The highest BCUT2D eigenvalue weighted by Crippen LogP contribution is 2.30. The summed E-state index contributed by atoms with van der Waals surface area (Å²) < 4.78 is 10.8. The van der Waals surface area contributed by atoms with Crippen molar-refractivity contribution in [2.75, 3.05) is 13.7 Å². The lowest BCUT2D eigenvalue weighted by Crippen LogP contribution is -2.31. The molecule has 0 fully saturated rings. The van der Waals surface area contributed by atoms with E-state index in [2.05, 4.69) is 20.5 Å². The van der Waals surface area contributed by atoms with Gasteiger partial charge >= 0.3 is 0 Å². The summed E-state index contributed by atoms with van der Waals surface area (Å²) in [5, 5.41) is 10.8. The smallest absolute Gasteiger partial charge is 0.273 e. The lowest BCUT2D eigenvalue weighted by Gasteiger charge is -2.10. The molecule has 0 radical (unpaired) electrons. The van der Waals surface area contributed by atoms with Gasteiger partial charge in [0.2, 0.25) is 5.91 Å². The molecule has 8 nitrogen and oxygen atoms in total. The van der Waals surface area contributed by atoms with E-state index in [0.717, 1.165) is 0 Å². The third kappa shape index (κ3) is 5.05. The number of nitrogens with zero attached hydrogens (tertiary/aromatic N) is 2. The highest BCUT2D eigenvalue weighted by Gasteiger charge is 2.12. The summed E-state index contributed by atoms with van der Waals surface area (Å²) in [6.07, 6.45) is 0.417. The number of aromatic amines is 1. The number of ether oxygens (including phenoxy) is 2. The number of hydrogen-bond donors (Lipinski definition) is 2. The molecule has 1 amide bonds. The van der Waals surface area contributed by atoms with Gasteiger partial charge in [0, 0.05) is 24.4 Å². The Bertz CT molecular complexity index is 817. The second-order valence-corrected chi connectivity index (χ2v) is 5.97. The van der Waals surface area contributed by atoms with E-state index in [1.807, 2.05) is 20.8 Å². The second kappa shape index (κ2) is 8.98. The Kier molecular flexibility index (Phi) is 6.71. The van der Waals surface area contributed by atoms with Crippen LogP contribution in [-0.2, 0) is 11.2 Å². The monoisotopic (exact) mass is 360 g/mol. The molecule has 0 saturated heterocycles. The van der Waals surface area contributed by atoms with E-state index >= 15 is 0 Å². The molecule has 26 heavy (non-hydrogen) atoms. The third-order valence-corrected chi connectivity index (χ3v) is 3.54. The minimum atomic E-state index is -0.361. The molecule has 140 valence electrons. The van der Waals surface area contributed by atoms with Crippen LogP contribution in [-0.4, -0.2) is 40.8 Å². The van der Waals surface area contributed by atoms with Crippen LogP contribution < -0.4 is 20.3 Å². The predicted octanol–water partition coefficient (Wildman–Crippen LogP) is 1.70. The van der Waals surface area contributed by atoms with Crippen molar-refractivity contribution in [3.8, 4) is 22.9 Å². The topological polar surface area (TPSA) is 106 Å². The maximum atomic E-state index is 12.2. The van der Waals surface area contributed by atoms with Gasteiger partial charge in [0.05, 0.1) is 13.7 Å². The van der Waals surface area contributed by atoms with Crippen LogP contribution in [0, 0.1) is 0 Å². The molecule has 2 rings (SSSR count). The van der Waals surface area contributed by atoms with Crippen molar-refractivity contribution in [2.24, 2.45) is 0 Å². The van der Waals surface area contributed by atoms with E-state index in [1.54, 1.807) is 25.3 Å². The largest absolute Gasteiger partial charge is 0.493 e. The number of benzene rings is 1. The lowest BCUT2D eigenvalue weighted by atomic mass is 10.2. The van der Waals surface area contributed by atoms with Gasteiger partial charge in [0.1, 0.15) is 5.69 Å². The standard InChI is InChI=1S/C18H24N4O4/c1-5-26-14-8-6-12(10-15(14)25-4)17-20-18(24)13(21-22-17)7-9-16(23)19-11(2)3/h6,8,10-11H,5,7,9H2,1-4H3,(H,19,23)(H,20,22,24). The van der Waals surface area contributed by atoms with Crippen molar-refractivity contribution < 1.29 is 14.3 Å². The zero-order valence-corrected chi connectivity index (χ0v) is 15.5. The number of carbonyl (C=O) groups is 1. The number of aromatic nitrogens is 3. The lowest BCUT2D eigenvalue weighted by molar-refractivity contribution is -0.121. The maximum Gasteiger partial charge on any atom is 0.273 e. The van der Waals surface area contributed by atoms with E-state index in [4.69, 9.17) is 9.47 Å². The number of methoxy groups -OCH3 is 1. The van der Waals surface area contributed by atoms with Crippen molar-refractivity contribution in [3.05, 3.63) is 34.2 Å². The van der Waals surface area contributed by atoms with Crippen molar-refractivity contribution >= 4 is 5.91 Å². The summed E-state index contributed by atoms with van der Waals surface area (Å²) in [6.45, 7) is 6.16. The number of nitrogens with one attached hydrogen (secondary N) is 2. The molecule has 1 aromatic heterocycles. The fourth-order valence-electron chi connectivity index (χ4n) is 2.37. The molecule has 0 saturated carbocycles. The van der Waals surface area contributed by atoms with Crippen molar-refractivity contribution in [1.29, 1.82) is 0 Å². The summed E-state index contributed by atoms with van der Waals surface area (Å²) in [5.41, 5.74) is 0.518. The fraction of sp³-hybridized carbons (Fsp3) is 0.444. The highest BCUT2D eigenvalue weighted by molar-refractivity contribution is 5.76. The molecule has 1 heterocycles. The Labute approximate surface area is 152 Å². The summed E-state index contributed by atoms with van der Waals surface area (Å²) in [4.78, 5) is 26.6. The number of H-pyrrole nitrogens is 1. The first kappa shape index (κ1) is 19.4. The predicted molar refractivity (Wildman–Crippen MR) is 97.4 cm³/mol. The first-order valence-electron chi connectivity index (χ1n) is 8.51. The van der Waals surface area contributed by atoms with E-state index in [1.165, 1.54) is 0 Å². The van der Waals surface area contributed by atoms with Crippen LogP contribution in [0.25, 0.3) is 11.4 Å². The molecule has 1 aromatic carbocycles. The van der Waals surface area contributed by atoms with Gasteiger partial charge in [-0.3, -0.25) is 9.59 Å². The van der Waals surface area contributed by atoms with E-state index in [-0.39, 0.29) is 36.0 Å². The molecule has 2 N–H and O–H groups in total. The second-order valence-electron chi connectivity index (χ2n) is 5.97. The van der Waals surface area contributed by atoms with Crippen LogP contribution in [0.1, 0.15) is 32.9 Å². The number of carbonyl (C=O) groups excluding carboxylic acids is 1. The zero-order valence-electron chi connectivity index (χ0n) is 15.5. The van der Waals surface area contributed by atoms with Crippen molar-refractivity contribution in [2.45, 2.75) is 39.7 Å². The summed E-state index contributed by atoms with van der Waals surface area (Å²) in [6, 6.07) is 5.30. The minimum Gasteiger partial charge on any atom is -0.493 e. The average molecular weight is 360 g/mol. The Morgan fingerprint density at radius 2 is 2.04 bits per heavy atom. The molecule has 0 spiro atoms. The summed E-state index contributed by atoms with van der Waals surface area (Å²) in [5.74, 6) is 1.36. The van der Waals surface area contributed by atoms with Crippen molar-refractivity contribution in [3.63, 3.8) is 0 Å². The number of amides is 1. The SMILES string of the molecule is CCOc1ccc(-c2nnc(CCC(=O)NC(C)C)c(=O)[nH]2)cc1OC. The van der Waals surface area contributed by atoms with Gasteiger partial charge in [-0.05, 0) is 39.0 Å². The van der Waals surface area contributed by atoms with Crippen LogP contribution in [0.2, 0.25) is 0 Å². The van der Waals surface area contributed by atoms with E-state index in [0.29, 0.717) is 29.5 Å². The quantitative estimate of drug-likeness (QED) is 0.742. The normalized spacial score (nSPS) is 10.7. The Balaban J connectivity index is 2.16. The van der Waals surface area contributed by atoms with Crippen molar-refractivity contribution in [1.82, 2.24) is 20.5 Å². The van der Waals surface area contributed by atoms with Gasteiger partial charge < -0.3 is 19.8 Å². The summed E-state index contributed by atoms with van der Waals surface area (Å²) in [7, 11) is 1.54. The molecule has 0 bridgehead atoms. The first-order valence-corrected chi connectivity index (χ1v) is 8.51. The molecule has 0 aliphatic rings. The van der Waals surface area contributed by atoms with Crippen LogP contribution in [0.5, 0.6) is 11.5 Å². The average Bonchev–Trinajstić information content (AvgIpc) is 2.60. The van der Waals surface area contributed by atoms with E-state index in [9.17, 15) is 9.59 Å². The van der Waals surface area contributed by atoms with Gasteiger partial charge in [-0.15, -0.1) is 10.2 Å². The van der Waals surface area contributed by atoms with E-state index < -0.39 is 0 Å². The maximum absolute atomic E-state index is 12.2. The molecular formula is C18H24N4O4. The fourth-order valence-corrected chi connectivity index (χ4v) is 2.37. The van der Waals surface area contributed by atoms with Gasteiger partial charge in [-0.2, -0.15) is 0 Å². The number of aryl methyl sites for hydroxylation is 1.